The summed E-state index contributed by atoms with van der Waals surface area (Å²) in [6, 6.07) is 18.0. The van der Waals surface area contributed by atoms with Gasteiger partial charge in [0.25, 0.3) is 0 Å². The van der Waals surface area contributed by atoms with Gasteiger partial charge in [0.1, 0.15) is 0 Å². The molecule has 0 aliphatic carbocycles. The summed E-state index contributed by atoms with van der Waals surface area (Å²) in [6.07, 6.45) is -1.36. The first-order valence-corrected chi connectivity index (χ1v) is 10.7. The van der Waals surface area contributed by atoms with Crippen LogP contribution >= 0.6 is 0 Å². The predicted octanol–water partition coefficient (Wildman–Crippen LogP) is 5.30. The van der Waals surface area contributed by atoms with E-state index in [0.29, 0.717) is 13.2 Å². The molecule has 0 amide bonds. The third-order valence-electron chi connectivity index (χ3n) is 5.12. The molecule has 0 aromatic heterocycles. The molecule has 2 aromatic carbocycles. The van der Waals surface area contributed by atoms with Crippen molar-refractivity contribution in [1.29, 1.82) is 0 Å². The van der Waals surface area contributed by atoms with Gasteiger partial charge in [-0.05, 0) is 36.0 Å². The van der Waals surface area contributed by atoms with E-state index in [9.17, 15) is 0 Å². The molecule has 0 saturated carbocycles. The van der Waals surface area contributed by atoms with Crippen LogP contribution in [-0.4, -0.2) is 43.3 Å². The molecule has 10 nitrogen and oxygen atoms in total. The van der Waals surface area contributed by atoms with Gasteiger partial charge < -0.3 is 18.9 Å². The summed E-state index contributed by atoms with van der Waals surface area (Å²) in [5.41, 5.74) is 20.3. The highest BCUT2D eigenvalue weighted by Crippen LogP contribution is 2.34. The minimum Gasteiger partial charge on any atom is -0.376 e. The molecule has 3 rings (SSSR count). The average molecular weight is 453 g/mol. The van der Waals surface area contributed by atoms with E-state index in [1.54, 1.807) is 13.8 Å². The van der Waals surface area contributed by atoms with Crippen LogP contribution in [0.25, 0.3) is 20.9 Å². The standard InChI is InChI=1S/C23H28N6O4/c1-23(2)32-21(19(26-28-24)15-30-13-17-9-5-3-6-10-17)22(33-23)20(27-29-25)16-31-14-18-11-7-4-8-12-18/h3-12,19-22H,13-16H2,1-2H3/t19-,20-,21-,22-/m1/s1. The van der Waals surface area contributed by atoms with Crippen LogP contribution in [0.2, 0.25) is 0 Å². The van der Waals surface area contributed by atoms with Crippen molar-refractivity contribution in [3.05, 3.63) is 92.7 Å². The fourth-order valence-corrected chi connectivity index (χ4v) is 3.68. The zero-order chi connectivity index (χ0) is 23.5. The second kappa shape index (κ2) is 12.2. The van der Waals surface area contributed by atoms with Gasteiger partial charge in [0.05, 0.1) is 50.7 Å². The minimum absolute atomic E-state index is 0.118. The first-order valence-electron chi connectivity index (χ1n) is 10.7. The van der Waals surface area contributed by atoms with Crippen LogP contribution in [0, 0.1) is 0 Å². The summed E-state index contributed by atoms with van der Waals surface area (Å²) in [7, 11) is 0. The van der Waals surface area contributed by atoms with E-state index in [2.05, 4.69) is 20.1 Å². The molecular weight excluding hydrogens is 424 g/mol. The monoisotopic (exact) mass is 452 g/mol. The Morgan fingerprint density at radius 2 is 1.18 bits per heavy atom. The maximum absolute atomic E-state index is 9.14. The number of nitrogens with zero attached hydrogens (tertiary/aromatic N) is 6. The topological polar surface area (TPSA) is 134 Å². The Labute approximate surface area is 192 Å². The van der Waals surface area contributed by atoms with Gasteiger partial charge in [-0.1, -0.05) is 70.9 Å². The van der Waals surface area contributed by atoms with Crippen molar-refractivity contribution in [2.45, 2.75) is 57.1 Å². The lowest BCUT2D eigenvalue weighted by molar-refractivity contribution is -0.151. The van der Waals surface area contributed by atoms with Gasteiger partial charge in [-0.15, -0.1) is 0 Å². The smallest absolute Gasteiger partial charge is 0.163 e. The highest BCUT2D eigenvalue weighted by Gasteiger charge is 2.48. The summed E-state index contributed by atoms with van der Waals surface area (Å²) in [6.45, 7) is 4.48. The molecule has 10 heteroatoms. The van der Waals surface area contributed by atoms with Crippen LogP contribution in [0.15, 0.2) is 70.9 Å². The first kappa shape index (κ1) is 24.5. The number of ether oxygens (including phenoxy) is 4. The van der Waals surface area contributed by atoms with E-state index in [1.807, 2.05) is 60.7 Å². The van der Waals surface area contributed by atoms with Gasteiger partial charge in [-0.3, -0.25) is 0 Å². The average Bonchev–Trinajstić information content (AvgIpc) is 3.14. The third kappa shape index (κ3) is 7.47. The Balaban J connectivity index is 1.69. The van der Waals surface area contributed by atoms with E-state index in [-0.39, 0.29) is 13.2 Å². The SMILES string of the molecule is CC1(C)O[C@H]([C@@H](COCc2ccccc2)N=[N+]=[N-])[C@@H]([C@@H](COCc2ccccc2)N=[N+]=[N-])O1. The zero-order valence-corrected chi connectivity index (χ0v) is 18.7. The molecule has 0 N–H and O–H groups in total. The Hall–Kier alpha value is -3.10. The Morgan fingerprint density at radius 3 is 1.55 bits per heavy atom. The second-order valence-electron chi connectivity index (χ2n) is 8.11. The van der Waals surface area contributed by atoms with Gasteiger partial charge in [-0.25, -0.2) is 0 Å². The molecule has 0 bridgehead atoms. The van der Waals surface area contributed by atoms with Crippen molar-refractivity contribution >= 4 is 0 Å². The van der Waals surface area contributed by atoms with Gasteiger partial charge in [0, 0.05) is 9.82 Å². The molecular formula is C23H28N6O4. The molecule has 1 aliphatic heterocycles. The molecule has 2 aromatic rings. The van der Waals surface area contributed by atoms with Crippen LogP contribution in [0.4, 0.5) is 0 Å². The van der Waals surface area contributed by atoms with E-state index < -0.39 is 30.1 Å². The molecule has 0 unspecified atom stereocenters. The number of hydrogen-bond acceptors (Lipinski definition) is 6. The normalized spacial score (nSPS) is 20.9. The first-order chi connectivity index (χ1) is 16.0. The van der Waals surface area contributed by atoms with E-state index >= 15 is 0 Å². The quantitative estimate of drug-likeness (QED) is 0.245. The fourth-order valence-electron chi connectivity index (χ4n) is 3.68. The van der Waals surface area contributed by atoms with Gasteiger partial charge >= 0.3 is 0 Å². The van der Waals surface area contributed by atoms with Crippen LogP contribution in [0.3, 0.4) is 0 Å². The van der Waals surface area contributed by atoms with Crippen molar-refractivity contribution < 1.29 is 18.9 Å². The maximum atomic E-state index is 9.14. The Kier molecular flexibility index (Phi) is 9.09. The summed E-state index contributed by atoms with van der Waals surface area (Å²) < 4.78 is 23.7. The van der Waals surface area contributed by atoms with Crippen LogP contribution in [-0.2, 0) is 32.2 Å². The molecule has 0 radical (unpaired) electrons. The largest absolute Gasteiger partial charge is 0.376 e. The Bertz CT molecular complexity index is 884. The summed E-state index contributed by atoms with van der Waals surface area (Å²) >= 11 is 0. The van der Waals surface area contributed by atoms with Crippen LogP contribution in [0.5, 0.6) is 0 Å². The van der Waals surface area contributed by atoms with Crippen molar-refractivity contribution in [2.75, 3.05) is 13.2 Å². The van der Waals surface area contributed by atoms with Crippen molar-refractivity contribution in [3.63, 3.8) is 0 Å². The van der Waals surface area contributed by atoms with E-state index in [0.717, 1.165) is 11.1 Å². The highest BCUT2D eigenvalue weighted by molar-refractivity contribution is 5.14. The number of rotatable bonds is 12. The third-order valence-corrected chi connectivity index (χ3v) is 5.12. The van der Waals surface area contributed by atoms with Crippen LogP contribution < -0.4 is 0 Å². The maximum Gasteiger partial charge on any atom is 0.163 e. The minimum atomic E-state index is -0.958. The molecule has 174 valence electrons. The number of benzene rings is 2. The highest BCUT2D eigenvalue weighted by atomic mass is 16.8. The molecule has 1 aliphatic rings. The molecule has 1 heterocycles. The molecule has 33 heavy (non-hydrogen) atoms. The van der Waals surface area contributed by atoms with Gasteiger partial charge in [0.2, 0.25) is 0 Å². The summed E-state index contributed by atoms with van der Waals surface area (Å²) in [5.74, 6) is -0.958. The lowest BCUT2D eigenvalue weighted by Gasteiger charge is -2.26. The van der Waals surface area contributed by atoms with Crippen molar-refractivity contribution in [1.82, 2.24) is 0 Å². The molecule has 1 saturated heterocycles. The Morgan fingerprint density at radius 1 is 0.788 bits per heavy atom. The molecule has 4 atom stereocenters. The predicted molar refractivity (Wildman–Crippen MR) is 122 cm³/mol. The summed E-state index contributed by atoms with van der Waals surface area (Å²) in [4.78, 5) is 5.94. The lowest BCUT2D eigenvalue weighted by atomic mass is 10.0. The van der Waals surface area contributed by atoms with Crippen molar-refractivity contribution in [2.24, 2.45) is 10.2 Å². The number of azide groups is 2. The van der Waals surface area contributed by atoms with E-state index in [4.69, 9.17) is 30.0 Å². The van der Waals surface area contributed by atoms with E-state index in [1.165, 1.54) is 0 Å². The number of hydrogen-bond donors (Lipinski definition) is 0. The fraction of sp³-hybridized carbons (Fsp3) is 0.478. The van der Waals surface area contributed by atoms with Crippen LogP contribution in [0.1, 0.15) is 25.0 Å². The summed E-state index contributed by atoms with van der Waals surface area (Å²) in [5, 5.41) is 7.80. The molecule has 1 fully saturated rings. The second-order valence-corrected chi connectivity index (χ2v) is 8.11. The van der Waals surface area contributed by atoms with Gasteiger partial charge in [0.15, 0.2) is 5.79 Å². The van der Waals surface area contributed by atoms with Crippen molar-refractivity contribution in [3.8, 4) is 0 Å². The van der Waals surface area contributed by atoms with Gasteiger partial charge in [-0.2, -0.15) is 0 Å². The zero-order valence-electron chi connectivity index (χ0n) is 18.7. The lowest BCUT2D eigenvalue weighted by Crippen LogP contribution is -2.44. The molecule has 0 spiro atoms.